The SMILES string of the molecule is C#Cc1c(F)ccc2cc(O)cc(-c3cc4nc(OC[C@@]56CCCN5C[C@H](F)C6)nc(N5C[C@H]6CC[C@@H](C5)N6)c4c(C#C)n3)c12. The first-order valence-electron chi connectivity index (χ1n) is 15.5. The molecule has 4 fully saturated rings. The van der Waals surface area contributed by atoms with Crippen LogP contribution in [0, 0.1) is 30.5 Å². The number of phenols is 1. The van der Waals surface area contributed by atoms with Gasteiger partial charge in [-0.15, -0.1) is 12.8 Å². The summed E-state index contributed by atoms with van der Waals surface area (Å²) in [6.45, 7) is 3.06. The Morgan fingerprint density at radius 3 is 2.64 bits per heavy atom. The van der Waals surface area contributed by atoms with E-state index in [0.717, 1.165) is 45.3 Å². The lowest BCUT2D eigenvalue weighted by Crippen LogP contribution is -2.51. The van der Waals surface area contributed by atoms with E-state index in [1.165, 1.54) is 18.2 Å². The summed E-state index contributed by atoms with van der Waals surface area (Å²) in [7, 11) is 0. The van der Waals surface area contributed by atoms with Crippen LogP contribution >= 0.6 is 0 Å². The van der Waals surface area contributed by atoms with Crippen molar-refractivity contribution in [3.05, 3.63) is 47.4 Å². The lowest BCUT2D eigenvalue weighted by atomic mass is 9.95. The van der Waals surface area contributed by atoms with Crippen LogP contribution in [-0.4, -0.2) is 81.5 Å². The van der Waals surface area contributed by atoms with Crippen molar-refractivity contribution >= 4 is 27.5 Å². The first-order valence-corrected chi connectivity index (χ1v) is 15.5. The van der Waals surface area contributed by atoms with Crippen molar-refractivity contribution in [3.63, 3.8) is 0 Å². The topological polar surface area (TPSA) is 86.6 Å². The fraction of sp³-hybridized carbons (Fsp3) is 0.400. The van der Waals surface area contributed by atoms with E-state index in [4.69, 9.17) is 32.5 Å². The molecule has 8 nitrogen and oxygen atoms in total. The van der Waals surface area contributed by atoms with Gasteiger partial charge in [-0.2, -0.15) is 9.97 Å². The smallest absolute Gasteiger partial charge is 0.319 e. The maximum atomic E-state index is 14.9. The van der Waals surface area contributed by atoms with E-state index in [9.17, 15) is 13.9 Å². The molecule has 2 aromatic heterocycles. The third-order valence-corrected chi connectivity index (χ3v) is 10.00. The number of rotatable bonds is 5. The number of nitrogens with one attached hydrogen (secondary N) is 1. The Hall–Kier alpha value is -4.51. The second-order valence-electron chi connectivity index (χ2n) is 12.8. The summed E-state index contributed by atoms with van der Waals surface area (Å²) in [6.07, 6.45) is 15.4. The Balaban J connectivity index is 1.30. The molecule has 0 radical (unpaired) electrons. The molecule has 0 saturated carbocycles. The minimum Gasteiger partial charge on any atom is -0.508 e. The van der Waals surface area contributed by atoms with Crippen LogP contribution in [0.1, 0.15) is 43.4 Å². The summed E-state index contributed by atoms with van der Waals surface area (Å²) in [5.74, 6) is 5.26. The molecule has 4 aromatic rings. The van der Waals surface area contributed by atoms with Gasteiger partial charge in [-0.1, -0.05) is 12.0 Å². The number of fused-ring (bicyclic) bond motifs is 5. The van der Waals surface area contributed by atoms with Crippen molar-refractivity contribution in [1.82, 2.24) is 25.2 Å². The number of aromatic nitrogens is 3. The average molecular weight is 607 g/mol. The van der Waals surface area contributed by atoms with Gasteiger partial charge in [0.2, 0.25) is 0 Å². The number of benzene rings is 2. The molecule has 4 aliphatic rings. The van der Waals surface area contributed by atoms with E-state index >= 15 is 0 Å². The molecular weight excluding hydrogens is 574 g/mol. The van der Waals surface area contributed by atoms with Crippen molar-refractivity contribution in [2.45, 2.75) is 55.9 Å². The molecule has 6 heterocycles. The Morgan fingerprint density at radius 1 is 1.04 bits per heavy atom. The molecule has 8 rings (SSSR count). The van der Waals surface area contributed by atoms with Crippen molar-refractivity contribution < 1.29 is 18.6 Å². The standard InChI is InChI=1S/C35H32F2N6O2/c1-3-25-27(37)9-6-20-12-24(44)13-26(31(20)25)29-14-30-32(28(4-2)39-29)33(42-17-22-7-8-23(18-42)38-22)41-34(40-30)45-19-35-10-5-11-43(35)16-21(36)15-35/h1-2,6,9,12-14,21-23,38,44H,5,7-8,10-11,15-19H2/t21-,22-,23+,35+/m1/s1. The molecule has 0 amide bonds. The summed E-state index contributed by atoms with van der Waals surface area (Å²) in [4.78, 5) is 19.0. The number of terminal acetylenes is 2. The number of pyridine rings is 1. The second kappa shape index (κ2) is 10.5. The summed E-state index contributed by atoms with van der Waals surface area (Å²) in [6, 6.07) is 8.50. The van der Waals surface area contributed by atoms with Crippen molar-refractivity contribution in [3.8, 4) is 47.7 Å². The molecule has 4 aliphatic heterocycles. The lowest BCUT2D eigenvalue weighted by Gasteiger charge is -2.34. The van der Waals surface area contributed by atoms with Crippen LogP contribution in [0.2, 0.25) is 0 Å². The lowest BCUT2D eigenvalue weighted by molar-refractivity contribution is 0.107. The molecule has 0 spiro atoms. The number of hydrogen-bond acceptors (Lipinski definition) is 8. The highest BCUT2D eigenvalue weighted by molar-refractivity contribution is 6.03. The van der Waals surface area contributed by atoms with Crippen molar-refractivity contribution in [2.24, 2.45) is 0 Å². The number of piperazine rings is 1. The van der Waals surface area contributed by atoms with Crippen LogP contribution in [0.4, 0.5) is 14.6 Å². The van der Waals surface area contributed by atoms with E-state index in [1.807, 2.05) is 0 Å². The van der Waals surface area contributed by atoms with E-state index in [1.54, 1.807) is 12.1 Å². The number of halogens is 2. The van der Waals surface area contributed by atoms with E-state index < -0.39 is 12.0 Å². The van der Waals surface area contributed by atoms with Gasteiger partial charge < -0.3 is 20.1 Å². The van der Waals surface area contributed by atoms with Gasteiger partial charge in [-0.3, -0.25) is 4.90 Å². The zero-order valence-electron chi connectivity index (χ0n) is 24.7. The minimum absolute atomic E-state index is 0.0250. The number of hydrogen-bond donors (Lipinski definition) is 2. The Bertz CT molecular complexity index is 1940. The van der Waals surface area contributed by atoms with Gasteiger partial charge in [-0.05, 0) is 67.8 Å². The van der Waals surface area contributed by atoms with Gasteiger partial charge in [-0.25, -0.2) is 13.8 Å². The number of nitrogens with zero attached hydrogens (tertiary/aromatic N) is 5. The minimum atomic E-state index is -0.875. The molecule has 45 heavy (non-hydrogen) atoms. The van der Waals surface area contributed by atoms with Gasteiger partial charge in [0.15, 0.2) is 0 Å². The molecule has 0 unspecified atom stereocenters. The van der Waals surface area contributed by atoms with Crippen LogP contribution in [-0.2, 0) is 0 Å². The van der Waals surface area contributed by atoms with Crippen molar-refractivity contribution in [1.29, 1.82) is 0 Å². The largest absolute Gasteiger partial charge is 0.508 e. The third-order valence-electron chi connectivity index (χ3n) is 10.00. The first-order chi connectivity index (χ1) is 21.8. The Labute approximate surface area is 259 Å². The monoisotopic (exact) mass is 606 g/mol. The fourth-order valence-corrected chi connectivity index (χ4v) is 8.04. The third kappa shape index (κ3) is 4.63. The van der Waals surface area contributed by atoms with Gasteiger partial charge in [0.05, 0.1) is 27.7 Å². The second-order valence-corrected chi connectivity index (χ2v) is 12.8. The van der Waals surface area contributed by atoms with Crippen LogP contribution in [0.25, 0.3) is 32.9 Å². The summed E-state index contributed by atoms with van der Waals surface area (Å²) in [5.41, 5.74) is 1.34. The molecule has 2 bridgehead atoms. The average Bonchev–Trinajstić information content (AvgIpc) is 3.68. The fourth-order valence-electron chi connectivity index (χ4n) is 8.04. The van der Waals surface area contributed by atoms with Crippen LogP contribution in [0.5, 0.6) is 11.8 Å². The normalized spacial score (nSPS) is 25.9. The summed E-state index contributed by atoms with van der Waals surface area (Å²) < 4.78 is 35.7. The Kier molecular flexibility index (Phi) is 6.56. The summed E-state index contributed by atoms with van der Waals surface area (Å²) >= 11 is 0. The maximum Gasteiger partial charge on any atom is 0.319 e. The molecule has 10 heteroatoms. The maximum absolute atomic E-state index is 14.9. The zero-order valence-corrected chi connectivity index (χ0v) is 24.7. The summed E-state index contributed by atoms with van der Waals surface area (Å²) in [5, 5.41) is 15.9. The van der Waals surface area contributed by atoms with Crippen LogP contribution in [0.15, 0.2) is 30.3 Å². The molecule has 0 aliphatic carbocycles. The zero-order chi connectivity index (χ0) is 30.9. The molecule has 2 aromatic carbocycles. The number of ether oxygens (including phenoxy) is 1. The van der Waals surface area contributed by atoms with E-state index in [0.29, 0.717) is 69.5 Å². The number of phenolic OH excluding ortho intramolecular Hbond substituents is 1. The van der Waals surface area contributed by atoms with E-state index in [2.05, 4.69) is 27.0 Å². The number of aromatic hydroxyl groups is 1. The number of anilines is 1. The highest BCUT2D eigenvalue weighted by Crippen LogP contribution is 2.42. The highest BCUT2D eigenvalue weighted by Gasteiger charge is 2.49. The molecular formula is C35H32F2N6O2. The highest BCUT2D eigenvalue weighted by atomic mass is 19.1. The van der Waals surface area contributed by atoms with Crippen molar-refractivity contribution in [2.75, 3.05) is 37.7 Å². The molecule has 2 N–H and O–H groups in total. The van der Waals surface area contributed by atoms with Gasteiger partial charge in [0.1, 0.15) is 35.9 Å². The molecule has 228 valence electrons. The van der Waals surface area contributed by atoms with E-state index in [-0.39, 0.29) is 29.5 Å². The first kappa shape index (κ1) is 28.0. The molecule has 4 atom stereocenters. The number of alkyl halides is 1. The predicted molar refractivity (Wildman–Crippen MR) is 168 cm³/mol. The van der Waals surface area contributed by atoms with Gasteiger partial charge in [0.25, 0.3) is 0 Å². The van der Waals surface area contributed by atoms with Crippen LogP contribution < -0.4 is 15.0 Å². The quantitative estimate of drug-likeness (QED) is 0.320. The van der Waals surface area contributed by atoms with Gasteiger partial charge in [0, 0.05) is 49.1 Å². The van der Waals surface area contributed by atoms with Crippen LogP contribution in [0.3, 0.4) is 0 Å². The predicted octanol–water partition coefficient (Wildman–Crippen LogP) is 4.55. The van der Waals surface area contributed by atoms with Gasteiger partial charge >= 0.3 is 6.01 Å². The molecule has 4 saturated heterocycles. The Morgan fingerprint density at radius 2 is 1.87 bits per heavy atom.